The molecule has 0 saturated carbocycles. The molecule has 0 spiro atoms. The highest BCUT2D eigenvalue weighted by atomic mass is 31.2. The monoisotopic (exact) mass is 257 g/mol. The molecule has 7 heteroatoms. The van der Waals surface area contributed by atoms with Crippen LogP contribution in [-0.4, -0.2) is 24.8 Å². The van der Waals surface area contributed by atoms with Gasteiger partial charge in [-0.25, -0.2) is 0 Å². The van der Waals surface area contributed by atoms with Gasteiger partial charge in [-0.15, -0.1) is 0 Å². The van der Waals surface area contributed by atoms with E-state index in [-0.39, 0.29) is 5.56 Å². The summed E-state index contributed by atoms with van der Waals surface area (Å²) in [5.41, 5.74) is 0.653. The Labute approximate surface area is 98.1 Å². The van der Waals surface area contributed by atoms with Gasteiger partial charge in [-0.3, -0.25) is 13.9 Å². The molecule has 0 aromatic heterocycles. The number of para-hydroxylation sites is 1. The summed E-state index contributed by atoms with van der Waals surface area (Å²) >= 11 is 0. The molecule has 6 nitrogen and oxygen atoms in total. The largest absolute Gasteiger partial charge is 0.354 e. The van der Waals surface area contributed by atoms with E-state index in [4.69, 9.17) is 4.52 Å². The van der Waals surface area contributed by atoms with Crippen LogP contribution in [0.1, 0.15) is 5.56 Å². The maximum atomic E-state index is 11.7. The Bertz CT molecular complexity index is 517. The summed E-state index contributed by atoms with van der Waals surface area (Å²) in [5, 5.41) is 12.6. The van der Waals surface area contributed by atoms with E-state index in [1.54, 1.807) is 18.2 Å². The molecule has 0 aliphatic carbocycles. The number of aliphatic hydroxyl groups is 1. The second-order valence-electron chi connectivity index (χ2n) is 3.69. The first-order valence-electron chi connectivity index (χ1n) is 4.86. The van der Waals surface area contributed by atoms with Crippen LogP contribution in [0.15, 0.2) is 24.3 Å². The molecule has 92 valence electrons. The highest BCUT2D eigenvalue weighted by Crippen LogP contribution is 2.51. The van der Waals surface area contributed by atoms with Gasteiger partial charge in [0.2, 0.25) is 0 Å². The molecular formula is C10H12NO5P. The molecular weight excluding hydrogens is 245 g/mol. The Balaban J connectivity index is 2.44. The summed E-state index contributed by atoms with van der Waals surface area (Å²) < 4.78 is 21.3. The SMILES string of the molecule is CO[P@](C)(=O)O[C@]1(O)C(=O)Nc2ccccc21. The first-order valence-corrected chi connectivity index (χ1v) is 6.85. The third kappa shape index (κ3) is 2.00. The Morgan fingerprint density at radius 3 is 2.71 bits per heavy atom. The number of nitrogens with one attached hydrogen (secondary N) is 1. The van der Waals surface area contributed by atoms with E-state index in [1.807, 2.05) is 0 Å². The van der Waals surface area contributed by atoms with Crippen molar-refractivity contribution < 1.29 is 23.5 Å². The summed E-state index contributed by atoms with van der Waals surface area (Å²) in [6.45, 7) is 1.18. The third-order valence-electron chi connectivity index (χ3n) is 2.48. The first-order chi connectivity index (χ1) is 7.89. The van der Waals surface area contributed by atoms with E-state index in [1.165, 1.54) is 19.8 Å². The molecule has 0 radical (unpaired) electrons. The summed E-state index contributed by atoms with van der Waals surface area (Å²) in [7, 11) is -2.31. The molecule has 0 unspecified atom stereocenters. The van der Waals surface area contributed by atoms with E-state index in [0.29, 0.717) is 5.69 Å². The smallest absolute Gasteiger partial charge is 0.330 e. The number of hydrogen-bond acceptors (Lipinski definition) is 5. The van der Waals surface area contributed by atoms with Gasteiger partial charge >= 0.3 is 7.60 Å². The van der Waals surface area contributed by atoms with Crippen molar-refractivity contribution in [3.05, 3.63) is 29.8 Å². The van der Waals surface area contributed by atoms with Gasteiger partial charge in [0.25, 0.3) is 11.7 Å². The molecule has 0 fully saturated rings. The van der Waals surface area contributed by atoms with Gasteiger partial charge in [-0.2, -0.15) is 0 Å². The molecule has 2 atom stereocenters. The van der Waals surface area contributed by atoms with Gasteiger partial charge in [0.1, 0.15) is 0 Å². The summed E-state index contributed by atoms with van der Waals surface area (Å²) in [6, 6.07) is 6.47. The lowest BCUT2D eigenvalue weighted by atomic mass is 10.1. The average molecular weight is 257 g/mol. The zero-order valence-corrected chi connectivity index (χ0v) is 10.2. The fourth-order valence-corrected chi connectivity index (χ4v) is 2.32. The highest BCUT2D eigenvalue weighted by molar-refractivity contribution is 7.53. The predicted molar refractivity (Wildman–Crippen MR) is 60.6 cm³/mol. The number of anilines is 1. The topological polar surface area (TPSA) is 84.9 Å². The van der Waals surface area contributed by atoms with Crippen LogP contribution in [0.5, 0.6) is 0 Å². The first kappa shape index (κ1) is 12.3. The molecule has 1 aromatic carbocycles. The van der Waals surface area contributed by atoms with E-state index < -0.39 is 19.3 Å². The van der Waals surface area contributed by atoms with E-state index in [9.17, 15) is 14.5 Å². The Kier molecular flexibility index (Phi) is 2.83. The van der Waals surface area contributed by atoms with Crippen molar-refractivity contribution >= 4 is 19.2 Å². The van der Waals surface area contributed by atoms with Crippen molar-refractivity contribution in [2.24, 2.45) is 0 Å². The maximum Gasteiger partial charge on any atom is 0.330 e. The van der Waals surface area contributed by atoms with Crippen LogP contribution < -0.4 is 5.32 Å². The van der Waals surface area contributed by atoms with Crippen molar-refractivity contribution in [2.45, 2.75) is 5.79 Å². The zero-order chi connectivity index (χ0) is 12.7. The van der Waals surface area contributed by atoms with Crippen LogP contribution in [0.4, 0.5) is 5.69 Å². The Morgan fingerprint density at radius 2 is 2.06 bits per heavy atom. The number of carbonyl (C=O) groups is 1. The average Bonchev–Trinajstić information content (AvgIpc) is 2.51. The van der Waals surface area contributed by atoms with Crippen LogP contribution in [0, 0.1) is 0 Å². The van der Waals surface area contributed by atoms with Gasteiger partial charge < -0.3 is 14.9 Å². The molecule has 2 N–H and O–H groups in total. The number of hydrogen-bond donors (Lipinski definition) is 2. The number of benzene rings is 1. The molecule has 1 aliphatic rings. The minimum atomic E-state index is -3.49. The Morgan fingerprint density at radius 1 is 1.41 bits per heavy atom. The third-order valence-corrected chi connectivity index (χ3v) is 3.74. The predicted octanol–water partition coefficient (Wildman–Crippen LogP) is 1.27. The van der Waals surface area contributed by atoms with E-state index >= 15 is 0 Å². The van der Waals surface area contributed by atoms with Gasteiger partial charge in [-0.05, 0) is 6.07 Å². The van der Waals surface area contributed by atoms with Gasteiger partial charge in [0.05, 0.1) is 5.69 Å². The lowest BCUT2D eigenvalue weighted by Crippen LogP contribution is -2.36. The van der Waals surface area contributed by atoms with Crippen molar-refractivity contribution in [3.8, 4) is 0 Å². The van der Waals surface area contributed by atoms with Crippen LogP contribution in [-0.2, 0) is 24.2 Å². The lowest BCUT2D eigenvalue weighted by molar-refractivity contribution is -0.172. The fourth-order valence-electron chi connectivity index (χ4n) is 1.58. The molecule has 0 bridgehead atoms. The quantitative estimate of drug-likeness (QED) is 0.629. The zero-order valence-electron chi connectivity index (χ0n) is 9.34. The van der Waals surface area contributed by atoms with Crippen LogP contribution in [0.2, 0.25) is 0 Å². The molecule has 1 heterocycles. The molecule has 1 aliphatic heterocycles. The second-order valence-corrected chi connectivity index (χ2v) is 5.78. The lowest BCUT2D eigenvalue weighted by Gasteiger charge is -2.24. The molecule has 2 rings (SSSR count). The molecule has 17 heavy (non-hydrogen) atoms. The minimum Gasteiger partial charge on any atom is -0.354 e. The van der Waals surface area contributed by atoms with Crippen LogP contribution in [0.3, 0.4) is 0 Å². The number of amides is 1. The normalized spacial score (nSPS) is 26.2. The van der Waals surface area contributed by atoms with Crippen molar-refractivity contribution in [1.29, 1.82) is 0 Å². The van der Waals surface area contributed by atoms with Crippen molar-refractivity contribution in [3.63, 3.8) is 0 Å². The second kappa shape index (κ2) is 3.92. The van der Waals surface area contributed by atoms with E-state index in [2.05, 4.69) is 9.84 Å². The van der Waals surface area contributed by atoms with Gasteiger partial charge in [0, 0.05) is 19.3 Å². The molecule has 1 aromatic rings. The fraction of sp³-hybridized carbons (Fsp3) is 0.300. The standard InChI is InChI=1S/C10H12NO5P/c1-15-17(2,14)16-10(13)7-5-3-4-6-8(7)11-9(10)12/h3-6,13H,1-2H3,(H,11,12)/t10-,17-/m0/s1. The van der Waals surface area contributed by atoms with Crippen LogP contribution >= 0.6 is 7.60 Å². The number of rotatable bonds is 3. The molecule has 1 amide bonds. The van der Waals surface area contributed by atoms with Crippen molar-refractivity contribution in [1.82, 2.24) is 0 Å². The Hall–Kier alpha value is -1.20. The number of carbonyl (C=O) groups excluding carboxylic acids is 1. The number of fused-ring (bicyclic) bond motifs is 1. The minimum absolute atomic E-state index is 0.226. The van der Waals surface area contributed by atoms with Gasteiger partial charge in [0.15, 0.2) is 0 Å². The summed E-state index contributed by atoms with van der Waals surface area (Å²) in [4.78, 5) is 11.7. The maximum absolute atomic E-state index is 11.7. The van der Waals surface area contributed by atoms with Gasteiger partial charge in [-0.1, -0.05) is 18.2 Å². The summed E-state index contributed by atoms with van der Waals surface area (Å²) in [6.07, 6.45) is 0. The highest BCUT2D eigenvalue weighted by Gasteiger charge is 2.50. The van der Waals surface area contributed by atoms with E-state index in [0.717, 1.165) is 0 Å². The van der Waals surface area contributed by atoms with Crippen LogP contribution in [0.25, 0.3) is 0 Å². The summed E-state index contributed by atoms with van der Waals surface area (Å²) in [5.74, 6) is -3.05. The molecule has 0 saturated heterocycles. The van der Waals surface area contributed by atoms with Crippen molar-refractivity contribution in [2.75, 3.05) is 19.1 Å².